The maximum absolute atomic E-state index is 12.4. The van der Waals surface area contributed by atoms with Gasteiger partial charge in [0.05, 0.1) is 6.17 Å². The molecule has 1 aliphatic heterocycles. The van der Waals surface area contributed by atoms with Crippen molar-refractivity contribution in [2.75, 3.05) is 25.5 Å². The van der Waals surface area contributed by atoms with Crippen molar-refractivity contribution in [1.82, 2.24) is 26.2 Å². The van der Waals surface area contributed by atoms with Crippen LogP contribution in [0.1, 0.15) is 45.2 Å². The summed E-state index contributed by atoms with van der Waals surface area (Å²) in [6, 6.07) is 5.74. The fourth-order valence-corrected chi connectivity index (χ4v) is 3.20. The Balaban J connectivity index is 1.78. The molecule has 2 rings (SSSR count). The van der Waals surface area contributed by atoms with Crippen LogP contribution in [0.25, 0.3) is 0 Å². The van der Waals surface area contributed by atoms with E-state index in [-0.39, 0.29) is 30.6 Å². The number of rotatable bonds is 6. The number of carbonyl (C=O) groups is 2. The van der Waals surface area contributed by atoms with Gasteiger partial charge in [0.25, 0.3) is 0 Å². The van der Waals surface area contributed by atoms with Gasteiger partial charge in [0, 0.05) is 31.9 Å². The molecule has 1 aromatic carbocycles. The lowest BCUT2D eigenvalue weighted by Crippen LogP contribution is -2.68. The average molecular weight is 435 g/mol. The van der Waals surface area contributed by atoms with Gasteiger partial charge in [-0.3, -0.25) is 16.0 Å². The summed E-state index contributed by atoms with van der Waals surface area (Å²) in [7, 11) is 1.72. The van der Waals surface area contributed by atoms with E-state index in [2.05, 4.69) is 33.5 Å². The summed E-state index contributed by atoms with van der Waals surface area (Å²) in [5.41, 5.74) is 2.55. The zero-order chi connectivity index (χ0) is 23.2. The number of benzene rings is 1. The molecule has 0 spiro atoms. The molecule has 1 aliphatic rings. The van der Waals surface area contributed by atoms with Crippen molar-refractivity contribution in [2.45, 2.75) is 72.1 Å². The highest BCUT2D eigenvalue weighted by atomic mass is 16.6. The fraction of sp³-hybridized carbons (Fsp3) is 0.636. The van der Waals surface area contributed by atoms with E-state index >= 15 is 0 Å². The summed E-state index contributed by atoms with van der Waals surface area (Å²) in [5.74, 6) is 0. The standard InChI is InChI=1S/C22H38N6O3/c1-14-8-9-17(12-15(14)2)25-20(29)27-19-24-16(3)13-18(26-19)23-10-11-28(7)21(30)31-22(4,5)6/h8-9,12,16,18-19,23-24,26H,10-11,13H2,1-7H3,(H2,25,27,29). The number of urea groups is 1. The number of likely N-dealkylation sites (N-methyl/N-ethyl adjacent to an activating group) is 1. The number of hydrogen-bond donors (Lipinski definition) is 5. The highest BCUT2D eigenvalue weighted by Crippen LogP contribution is 2.14. The molecule has 1 aromatic rings. The lowest BCUT2D eigenvalue weighted by molar-refractivity contribution is 0.0297. The Bertz CT molecular complexity index is 764. The van der Waals surface area contributed by atoms with Gasteiger partial charge in [-0.2, -0.15) is 0 Å². The highest BCUT2D eigenvalue weighted by molar-refractivity contribution is 5.89. The monoisotopic (exact) mass is 434 g/mol. The van der Waals surface area contributed by atoms with Crippen molar-refractivity contribution >= 4 is 17.8 Å². The molecule has 174 valence electrons. The van der Waals surface area contributed by atoms with Crippen LogP contribution in [0.2, 0.25) is 0 Å². The van der Waals surface area contributed by atoms with Gasteiger partial charge in [0.2, 0.25) is 0 Å². The second-order valence-electron chi connectivity index (χ2n) is 9.21. The normalized spacial score (nSPS) is 21.3. The smallest absolute Gasteiger partial charge is 0.410 e. The molecule has 3 atom stereocenters. The summed E-state index contributed by atoms with van der Waals surface area (Å²) in [5, 5.41) is 15.8. The van der Waals surface area contributed by atoms with Crippen LogP contribution >= 0.6 is 0 Å². The SMILES string of the molecule is Cc1ccc(NC(=O)NC2NC(C)CC(NCCN(C)C(=O)OC(C)(C)C)N2)cc1C. The first-order chi connectivity index (χ1) is 14.4. The van der Waals surface area contributed by atoms with Gasteiger partial charge in [-0.1, -0.05) is 6.07 Å². The number of ether oxygens (including phenoxy) is 1. The van der Waals surface area contributed by atoms with Crippen molar-refractivity contribution in [3.8, 4) is 0 Å². The van der Waals surface area contributed by atoms with Gasteiger partial charge in [-0.25, -0.2) is 9.59 Å². The zero-order valence-electron chi connectivity index (χ0n) is 19.8. The van der Waals surface area contributed by atoms with E-state index in [1.807, 2.05) is 52.8 Å². The van der Waals surface area contributed by atoms with Crippen LogP contribution in [0.15, 0.2) is 18.2 Å². The van der Waals surface area contributed by atoms with Gasteiger partial charge in [0.15, 0.2) is 0 Å². The van der Waals surface area contributed by atoms with E-state index in [1.54, 1.807) is 11.9 Å². The molecular weight excluding hydrogens is 396 g/mol. The van der Waals surface area contributed by atoms with E-state index in [1.165, 1.54) is 5.56 Å². The highest BCUT2D eigenvalue weighted by Gasteiger charge is 2.26. The van der Waals surface area contributed by atoms with Crippen molar-refractivity contribution in [1.29, 1.82) is 0 Å². The molecule has 31 heavy (non-hydrogen) atoms. The minimum absolute atomic E-state index is 0.00444. The molecule has 1 fully saturated rings. The predicted molar refractivity (Wildman–Crippen MR) is 123 cm³/mol. The van der Waals surface area contributed by atoms with Gasteiger partial charge < -0.3 is 20.3 Å². The minimum atomic E-state index is -0.512. The summed E-state index contributed by atoms with van der Waals surface area (Å²) < 4.78 is 5.36. The van der Waals surface area contributed by atoms with Crippen LogP contribution in [0, 0.1) is 13.8 Å². The quantitative estimate of drug-likeness (QED) is 0.471. The Morgan fingerprint density at radius 3 is 2.55 bits per heavy atom. The van der Waals surface area contributed by atoms with Crippen molar-refractivity contribution in [2.24, 2.45) is 0 Å². The Kier molecular flexibility index (Phi) is 8.67. The van der Waals surface area contributed by atoms with Crippen LogP contribution in [-0.4, -0.2) is 61.3 Å². The second kappa shape index (κ2) is 10.8. The average Bonchev–Trinajstić information content (AvgIpc) is 2.62. The van der Waals surface area contributed by atoms with Crippen LogP contribution in [0.4, 0.5) is 15.3 Å². The van der Waals surface area contributed by atoms with Crippen LogP contribution in [0.5, 0.6) is 0 Å². The molecule has 0 bridgehead atoms. The van der Waals surface area contributed by atoms with Crippen molar-refractivity contribution in [3.63, 3.8) is 0 Å². The third kappa shape index (κ3) is 8.72. The van der Waals surface area contributed by atoms with E-state index in [9.17, 15) is 9.59 Å². The molecule has 0 aromatic heterocycles. The van der Waals surface area contributed by atoms with Crippen molar-refractivity contribution in [3.05, 3.63) is 29.3 Å². The number of amides is 3. The van der Waals surface area contributed by atoms with Gasteiger partial charge >= 0.3 is 12.1 Å². The number of nitrogens with one attached hydrogen (secondary N) is 5. The van der Waals surface area contributed by atoms with E-state index in [0.717, 1.165) is 17.7 Å². The summed E-state index contributed by atoms with van der Waals surface area (Å²) in [6.07, 6.45) is 0.114. The number of nitrogens with zero attached hydrogens (tertiary/aromatic N) is 1. The topological polar surface area (TPSA) is 107 Å². The van der Waals surface area contributed by atoms with Crippen molar-refractivity contribution < 1.29 is 14.3 Å². The summed E-state index contributed by atoms with van der Waals surface area (Å²) >= 11 is 0. The maximum atomic E-state index is 12.4. The molecule has 1 heterocycles. The second-order valence-corrected chi connectivity index (χ2v) is 9.21. The molecule has 0 saturated carbocycles. The molecule has 9 nitrogen and oxygen atoms in total. The Hall–Kier alpha value is -2.36. The summed E-state index contributed by atoms with van der Waals surface area (Å²) in [6.45, 7) is 12.8. The van der Waals surface area contributed by atoms with E-state index in [4.69, 9.17) is 4.74 Å². The first-order valence-electron chi connectivity index (χ1n) is 10.8. The number of anilines is 1. The van der Waals surface area contributed by atoms with Gasteiger partial charge in [0.1, 0.15) is 11.9 Å². The lowest BCUT2D eigenvalue weighted by Gasteiger charge is -2.37. The number of aryl methyl sites for hydroxylation is 2. The zero-order valence-corrected chi connectivity index (χ0v) is 19.8. The third-order valence-corrected chi connectivity index (χ3v) is 4.99. The van der Waals surface area contributed by atoms with E-state index < -0.39 is 5.60 Å². The van der Waals surface area contributed by atoms with Crippen LogP contribution in [0.3, 0.4) is 0 Å². The molecule has 0 radical (unpaired) electrons. The molecule has 1 saturated heterocycles. The molecule has 3 unspecified atom stereocenters. The largest absolute Gasteiger partial charge is 0.444 e. The minimum Gasteiger partial charge on any atom is -0.444 e. The van der Waals surface area contributed by atoms with Crippen LogP contribution < -0.4 is 26.6 Å². The molecule has 9 heteroatoms. The van der Waals surface area contributed by atoms with Crippen LogP contribution in [-0.2, 0) is 4.74 Å². The van der Waals surface area contributed by atoms with Gasteiger partial charge in [-0.15, -0.1) is 0 Å². The predicted octanol–water partition coefficient (Wildman–Crippen LogP) is 2.46. The van der Waals surface area contributed by atoms with Gasteiger partial charge in [-0.05, 0) is 71.2 Å². The Morgan fingerprint density at radius 1 is 1.19 bits per heavy atom. The Morgan fingerprint density at radius 2 is 1.90 bits per heavy atom. The number of hydrogen-bond acceptors (Lipinski definition) is 6. The number of carbonyl (C=O) groups excluding carboxylic acids is 2. The summed E-state index contributed by atoms with van der Waals surface area (Å²) in [4.78, 5) is 26.0. The Labute approximate surface area is 185 Å². The first-order valence-corrected chi connectivity index (χ1v) is 10.8. The maximum Gasteiger partial charge on any atom is 0.410 e. The lowest BCUT2D eigenvalue weighted by atomic mass is 10.1. The van der Waals surface area contributed by atoms with E-state index in [0.29, 0.717) is 13.1 Å². The molecule has 0 aliphatic carbocycles. The third-order valence-electron chi connectivity index (χ3n) is 4.99. The molecular formula is C22H38N6O3. The molecule has 5 N–H and O–H groups in total. The fourth-order valence-electron chi connectivity index (χ4n) is 3.20. The molecule has 3 amide bonds. The first kappa shape index (κ1) is 24.9.